The van der Waals surface area contributed by atoms with Crippen molar-refractivity contribution < 1.29 is 0 Å². The van der Waals surface area contributed by atoms with Crippen LogP contribution in [-0.4, -0.2) is 39.4 Å². The van der Waals surface area contributed by atoms with Gasteiger partial charge in [0.15, 0.2) is 0 Å². The molecular formula is C17H32N4. The number of aromatic nitrogens is 2. The van der Waals surface area contributed by atoms with E-state index in [1.54, 1.807) is 0 Å². The molecular weight excluding hydrogens is 260 g/mol. The lowest BCUT2D eigenvalue weighted by molar-refractivity contribution is 0.0844. The maximum atomic E-state index is 4.82. The first kappa shape index (κ1) is 16.5. The Hall–Kier alpha value is -0.870. The first-order valence-corrected chi connectivity index (χ1v) is 8.52. The molecule has 1 fully saturated rings. The van der Waals surface area contributed by atoms with Crippen molar-refractivity contribution in [1.82, 2.24) is 20.0 Å². The third kappa shape index (κ3) is 4.07. The van der Waals surface area contributed by atoms with Crippen LogP contribution in [-0.2, 0) is 6.54 Å². The molecule has 1 aromatic rings. The Labute approximate surface area is 129 Å². The normalized spacial score (nSPS) is 22.9. The average molecular weight is 292 g/mol. The molecule has 21 heavy (non-hydrogen) atoms. The minimum atomic E-state index is 0.198. The second-order valence-corrected chi connectivity index (χ2v) is 6.99. The maximum absolute atomic E-state index is 4.82. The van der Waals surface area contributed by atoms with E-state index < -0.39 is 0 Å². The molecule has 4 heteroatoms. The van der Waals surface area contributed by atoms with E-state index in [1.165, 1.54) is 12.1 Å². The Morgan fingerprint density at radius 1 is 1.33 bits per heavy atom. The van der Waals surface area contributed by atoms with Gasteiger partial charge in [0.25, 0.3) is 0 Å². The molecule has 0 spiro atoms. The highest BCUT2D eigenvalue weighted by Crippen LogP contribution is 2.20. The Bertz CT molecular complexity index is 434. The summed E-state index contributed by atoms with van der Waals surface area (Å²) in [4.78, 5) is 2.59. The molecule has 0 bridgehead atoms. The zero-order valence-corrected chi connectivity index (χ0v) is 14.4. The fourth-order valence-electron chi connectivity index (χ4n) is 3.34. The van der Waals surface area contributed by atoms with Crippen molar-refractivity contribution >= 4 is 0 Å². The SMILES string of the molecule is CCC1CNC(C)(C)CN1Cc1ccn(C(CC)CC)n1. The molecule has 1 atom stereocenters. The summed E-state index contributed by atoms with van der Waals surface area (Å²) < 4.78 is 2.16. The molecule has 1 aliphatic rings. The molecule has 120 valence electrons. The molecule has 0 amide bonds. The van der Waals surface area contributed by atoms with Gasteiger partial charge in [-0.05, 0) is 39.2 Å². The molecule has 2 heterocycles. The number of piperazine rings is 1. The summed E-state index contributed by atoms with van der Waals surface area (Å²) in [6, 6.07) is 3.36. The van der Waals surface area contributed by atoms with Gasteiger partial charge in [0.2, 0.25) is 0 Å². The molecule has 1 N–H and O–H groups in total. The largest absolute Gasteiger partial charge is 0.309 e. The lowest BCUT2D eigenvalue weighted by Crippen LogP contribution is -2.61. The van der Waals surface area contributed by atoms with Gasteiger partial charge in [-0.1, -0.05) is 20.8 Å². The van der Waals surface area contributed by atoms with Crippen LogP contribution in [0.1, 0.15) is 65.6 Å². The highest BCUT2D eigenvalue weighted by Gasteiger charge is 2.31. The lowest BCUT2D eigenvalue weighted by Gasteiger charge is -2.44. The summed E-state index contributed by atoms with van der Waals surface area (Å²) in [6.07, 6.45) is 5.64. The highest BCUT2D eigenvalue weighted by molar-refractivity contribution is 5.02. The van der Waals surface area contributed by atoms with E-state index in [-0.39, 0.29) is 5.54 Å². The van der Waals surface area contributed by atoms with E-state index in [1.807, 2.05) is 0 Å². The van der Waals surface area contributed by atoms with Crippen molar-refractivity contribution in [2.75, 3.05) is 13.1 Å². The van der Waals surface area contributed by atoms with E-state index in [0.29, 0.717) is 12.1 Å². The van der Waals surface area contributed by atoms with Gasteiger partial charge in [-0.25, -0.2) is 0 Å². The third-order valence-electron chi connectivity index (χ3n) is 4.75. The van der Waals surface area contributed by atoms with Crippen molar-refractivity contribution in [3.8, 4) is 0 Å². The summed E-state index contributed by atoms with van der Waals surface area (Å²) >= 11 is 0. The molecule has 0 aromatic carbocycles. The lowest BCUT2D eigenvalue weighted by atomic mass is 9.97. The molecule has 0 saturated carbocycles. The van der Waals surface area contributed by atoms with Gasteiger partial charge >= 0.3 is 0 Å². The first-order chi connectivity index (χ1) is 9.99. The van der Waals surface area contributed by atoms with E-state index in [9.17, 15) is 0 Å². The van der Waals surface area contributed by atoms with E-state index >= 15 is 0 Å². The van der Waals surface area contributed by atoms with Crippen LogP contribution in [0.3, 0.4) is 0 Å². The predicted molar refractivity (Wildman–Crippen MR) is 88.4 cm³/mol. The van der Waals surface area contributed by atoms with Gasteiger partial charge in [-0.15, -0.1) is 0 Å². The minimum absolute atomic E-state index is 0.198. The van der Waals surface area contributed by atoms with Gasteiger partial charge in [0, 0.05) is 37.4 Å². The first-order valence-electron chi connectivity index (χ1n) is 8.52. The zero-order chi connectivity index (χ0) is 15.5. The second kappa shape index (κ2) is 6.93. The number of nitrogens with one attached hydrogen (secondary N) is 1. The van der Waals surface area contributed by atoms with Gasteiger partial charge in [-0.2, -0.15) is 5.10 Å². The van der Waals surface area contributed by atoms with Gasteiger partial charge in [-0.3, -0.25) is 9.58 Å². The van der Waals surface area contributed by atoms with Crippen molar-refractivity contribution in [2.24, 2.45) is 0 Å². The van der Waals surface area contributed by atoms with Crippen molar-refractivity contribution in [3.63, 3.8) is 0 Å². The molecule has 1 unspecified atom stereocenters. The summed E-state index contributed by atoms with van der Waals surface area (Å²) in [6.45, 7) is 14.5. The Morgan fingerprint density at radius 3 is 2.67 bits per heavy atom. The summed E-state index contributed by atoms with van der Waals surface area (Å²) in [7, 11) is 0. The highest BCUT2D eigenvalue weighted by atomic mass is 15.3. The molecule has 1 aromatic heterocycles. The molecule has 0 radical (unpaired) electrons. The van der Waals surface area contributed by atoms with Crippen LogP contribution in [0.5, 0.6) is 0 Å². The van der Waals surface area contributed by atoms with Crippen LogP contribution in [0, 0.1) is 0 Å². The average Bonchev–Trinajstić information content (AvgIpc) is 2.88. The standard InChI is InChI=1S/C17H32N4/c1-6-15(7-2)21-10-9-14(19-21)12-20-13-17(4,5)18-11-16(20)8-3/h9-10,15-16,18H,6-8,11-13H2,1-5H3. The Kier molecular flexibility index (Phi) is 5.44. The molecule has 1 saturated heterocycles. The van der Waals surface area contributed by atoms with Gasteiger partial charge in [0.1, 0.15) is 0 Å². The monoisotopic (exact) mass is 292 g/mol. The molecule has 4 nitrogen and oxygen atoms in total. The minimum Gasteiger partial charge on any atom is -0.309 e. The quantitative estimate of drug-likeness (QED) is 0.874. The van der Waals surface area contributed by atoms with Crippen LogP contribution in [0.15, 0.2) is 12.3 Å². The predicted octanol–water partition coefficient (Wildman–Crippen LogP) is 3.21. The molecule has 2 rings (SSSR count). The fraction of sp³-hybridized carbons (Fsp3) is 0.824. The van der Waals surface area contributed by atoms with E-state index in [4.69, 9.17) is 5.10 Å². The number of nitrogens with zero attached hydrogens (tertiary/aromatic N) is 3. The second-order valence-electron chi connectivity index (χ2n) is 6.99. The van der Waals surface area contributed by atoms with Crippen molar-refractivity contribution in [2.45, 2.75) is 78.0 Å². The van der Waals surface area contributed by atoms with E-state index in [2.05, 4.69) is 61.8 Å². The van der Waals surface area contributed by atoms with Crippen LogP contribution >= 0.6 is 0 Å². The number of rotatable bonds is 6. The smallest absolute Gasteiger partial charge is 0.0765 e. The maximum Gasteiger partial charge on any atom is 0.0765 e. The Balaban J connectivity index is 2.05. The van der Waals surface area contributed by atoms with Gasteiger partial charge < -0.3 is 5.32 Å². The topological polar surface area (TPSA) is 33.1 Å². The van der Waals surface area contributed by atoms with Crippen LogP contribution in [0.4, 0.5) is 0 Å². The molecule has 1 aliphatic heterocycles. The zero-order valence-electron chi connectivity index (χ0n) is 14.4. The van der Waals surface area contributed by atoms with Crippen molar-refractivity contribution in [1.29, 1.82) is 0 Å². The van der Waals surface area contributed by atoms with E-state index in [0.717, 1.165) is 32.5 Å². The summed E-state index contributed by atoms with van der Waals surface area (Å²) in [5.74, 6) is 0. The molecule has 0 aliphatic carbocycles. The van der Waals surface area contributed by atoms with Crippen LogP contribution in [0.2, 0.25) is 0 Å². The summed E-state index contributed by atoms with van der Waals surface area (Å²) in [5.41, 5.74) is 1.40. The van der Waals surface area contributed by atoms with Crippen LogP contribution < -0.4 is 5.32 Å². The number of hydrogen-bond acceptors (Lipinski definition) is 3. The van der Waals surface area contributed by atoms with Crippen molar-refractivity contribution in [3.05, 3.63) is 18.0 Å². The number of hydrogen-bond donors (Lipinski definition) is 1. The van der Waals surface area contributed by atoms with Crippen LogP contribution in [0.25, 0.3) is 0 Å². The van der Waals surface area contributed by atoms with Gasteiger partial charge in [0.05, 0.1) is 11.7 Å². The third-order valence-corrected chi connectivity index (χ3v) is 4.75. The fourth-order valence-corrected chi connectivity index (χ4v) is 3.34. The Morgan fingerprint density at radius 2 is 2.05 bits per heavy atom. The summed E-state index contributed by atoms with van der Waals surface area (Å²) in [5, 5.41) is 8.47.